The number of nitrogens with zero attached hydrogens (tertiary/aromatic N) is 3. The van der Waals surface area contributed by atoms with Crippen molar-refractivity contribution in [2.24, 2.45) is 0 Å². The predicted molar refractivity (Wildman–Crippen MR) is 94.5 cm³/mol. The van der Waals surface area contributed by atoms with Crippen molar-refractivity contribution in [1.82, 2.24) is 13.9 Å². The van der Waals surface area contributed by atoms with Crippen molar-refractivity contribution in [3.05, 3.63) is 36.8 Å². The molecule has 130 valence electrons. The molecule has 0 unspecified atom stereocenters. The molecule has 1 aromatic carbocycles. The summed E-state index contributed by atoms with van der Waals surface area (Å²) in [6.07, 6.45) is 5.88. The molecule has 0 aliphatic carbocycles. The molecule has 1 aliphatic heterocycles. The molecule has 0 radical (unpaired) electrons. The number of ether oxygens (including phenoxy) is 2. The summed E-state index contributed by atoms with van der Waals surface area (Å²) >= 11 is 1.40. The van der Waals surface area contributed by atoms with Gasteiger partial charge in [-0.3, -0.25) is 4.18 Å². The minimum absolute atomic E-state index is 0.460. The van der Waals surface area contributed by atoms with Gasteiger partial charge >= 0.3 is 0 Å². The van der Waals surface area contributed by atoms with Crippen LogP contribution >= 0.6 is 12.2 Å². The highest BCUT2D eigenvalue weighted by Gasteiger charge is 2.19. The van der Waals surface area contributed by atoms with E-state index in [1.54, 1.807) is 13.4 Å². The predicted octanol–water partition coefficient (Wildman–Crippen LogP) is 3.21. The van der Waals surface area contributed by atoms with E-state index < -0.39 is 0 Å². The summed E-state index contributed by atoms with van der Waals surface area (Å²) in [5.41, 5.74) is 1.98. The molecule has 0 bridgehead atoms. The minimum atomic E-state index is 0.460. The second kappa shape index (κ2) is 8.53. The molecule has 1 aliphatic rings. The molecule has 0 atom stereocenters. The zero-order valence-electron chi connectivity index (χ0n) is 14.1. The molecule has 24 heavy (non-hydrogen) atoms. The van der Waals surface area contributed by atoms with Gasteiger partial charge in [0.05, 0.1) is 31.4 Å². The molecular weight excluding hydrogens is 326 g/mol. The Bertz CT molecular complexity index is 626. The molecule has 0 amide bonds. The van der Waals surface area contributed by atoms with E-state index in [4.69, 9.17) is 13.7 Å². The van der Waals surface area contributed by atoms with E-state index in [-0.39, 0.29) is 0 Å². The molecule has 1 aromatic heterocycles. The van der Waals surface area contributed by atoms with Gasteiger partial charge in [-0.25, -0.2) is 9.29 Å². The zero-order valence-corrected chi connectivity index (χ0v) is 14.9. The number of hydrogen-bond acceptors (Lipinski definition) is 6. The van der Waals surface area contributed by atoms with Crippen LogP contribution in [0.15, 0.2) is 36.8 Å². The van der Waals surface area contributed by atoms with E-state index in [2.05, 4.69) is 16.3 Å². The fourth-order valence-corrected chi connectivity index (χ4v) is 3.29. The summed E-state index contributed by atoms with van der Waals surface area (Å²) in [7, 11) is 3.73. The standard InChI is InChI=1S/C17H23N3O3S/c1-19(15-7-9-22-10-8-15)24-23-13-20-11-17(18-12-20)14-3-5-16(21-2)6-4-14/h3-6,11-12,15H,7-10,13H2,1-2H3. The lowest BCUT2D eigenvalue weighted by Crippen LogP contribution is -2.32. The van der Waals surface area contributed by atoms with Crippen LogP contribution in [0.3, 0.4) is 0 Å². The van der Waals surface area contributed by atoms with E-state index in [1.807, 2.05) is 35.0 Å². The Morgan fingerprint density at radius 1 is 1.29 bits per heavy atom. The third-order valence-electron chi connectivity index (χ3n) is 4.10. The highest BCUT2D eigenvalue weighted by Crippen LogP contribution is 2.23. The van der Waals surface area contributed by atoms with Gasteiger partial charge in [0.25, 0.3) is 0 Å². The number of rotatable bonds is 7. The minimum Gasteiger partial charge on any atom is -0.497 e. The normalized spacial score (nSPS) is 15.8. The Balaban J connectivity index is 1.48. The second-order valence-corrected chi connectivity index (χ2v) is 6.67. The van der Waals surface area contributed by atoms with Crippen LogP contribution < -0.4 is 4.74 Å². The average Bonchev–Trinajstić information content (AvgIpc) is 3.11. The third kappa shape index (κ3) is 4.51. The van der Waals surface area contributed by atoms with Gasteiger partial charge in [0, 0.05) is 31.0 Å². The summed E-state index contributed by atoms with van der Waals surface area (Å²) < 4.78 is 20.4. The molecule has 0 N–H and O–H groups in total. The molecule has 0 saturated carbocycles. The molecule has 2 heterocycles. The fraction of sp³-hybridized carbons (Fsp3) is 0.471. The topological polar surface area (TPSA) is 48.8 Å². The first-order valence-electron chi connectivity index (χ1n) is 8.02. The van der Waals surface area contributed by atoms with Crippen LogP contribution in [-0.4, -0.2) is 47.3 Å². The number of aromatic nitrogens is 2. The molecule has 1 saturated heterocycles. The Morgan fingerprint density at radius 2 is 2.04 bits per heavy atom. The molecule has 3 rings (SSSR count). The van der Waals surface area contributed by atoms with Gasteiger partial charge in [0.1, 0.15) is 12.5 Å². The van der Waals surface area contributed by atoms with Crippen molar-refractivity contribution in [2.75, 3.05) is 27.4 Å². The Labute approximate surface area is 147 Å². The summed E-state index contributed by atoms with van der Waals surface area (Å²) in [4.78, 5) is 4.43. The number of imidazole rings is 1. The van der Waals surface area contributed by atoms with E-state index in [1.165, 1.54) is 12.2 Å². The molecule has 2 aromatic rings. The Hall–Kier alpha value is -1.54. The highest BCUT2D eigenvalue weighted by molar-refractivity contribution is 7.92. The van der Waals surface area contributed by atoms with Crippen LogP contribution in [0.25, 0.3) is 11.3 Å². The van der Waals surface area contributed by atoms with Crippen molar-refractivity contribution in [1.29, 1.82) is 0 Å². The summed E-state index contributed by atoms with van der Waals surface area (Å²) in [6, 6.07) is 8.38. The van der Waals surface area contributed by atoms with E-state index in [0.717, 1.165) is 43.1 Å². The largest absolute Gasteiger partial charge is 0.497 e. The van der Waals surface area contributed by atoms with Gasteiger partial charge in [-0.05, 0) is 44.2 Å². The van der Waals surface area contributed by atoms with Crippen molar-refractivity contribution in [3.8, 4) is 17.0 Å². The molecule has 1 fully saturated rings. The lowest BCUT2D eigenvalue weighted by Gasteiger charge is -2.29. The average molecular weight is 349 g/mol. The van der Waals surface area contributed by atoms with Crippen LogP contribution in [0.2, 0.25) is 0 Å². The van der Waals surface area contributed by atoms with Gasteiger partial charge in [-0.15, -0.1) is 0 Å². The van der Waals surface area contributed by atoms with Gasteiger partial charge in [0.15, 0.2) is 0 Å². The van der Waals surface area contributed by atoms with Crippen LogP contribution in [0.4, 0.5) is 0 Å². The van der Waals surface area contributed by atoms with E-state index in [9.17, 15) is 0 Å². The van der Waals surface area contributed by atoms with Crippen LogP contribution in [0.5, 0.6) is 5.75 Å². The van der Waals surface area contributed by atoms with Crippen molar-refractivity contribution in [3.63, 3.8) is 0 Å². The maximum absolute atomic E-state index is 5.73. The van der Waals surface area contributed by atoms with Crippen LogP contribution in [0, 0.1) is 0 Å². The smallest absolute Gasteiger partial charge is 0.139 e. The van der Waals surface area contributed by atoms with Gasteiger partial charge < -0.3 is 14.0 Å². The van der Waals surface area contributed by atoms with Crippen LogP contribution in [-0.2, 0) is 15.7 Å². The number of hydrogen-bond donors (Lipinski definition) is 0. The first-order chi connectivity index (χ1) is 11.8. The molecule has 6 nitrogen and oxygen atoms in total. The fourth-order valence-electron chi connectivity index (χ4n) is 2.62. The van der Waals surface area contributed by atoms with E-state index in [0.29, 0.717) is 12.8 Å². The zero-order chi connectivity index (χ0) is 16.8. The monoisotopic (exact) mass is 349 g/mol. The summed E-state index contributed by atoms with van der Waals surface area (Å²) in [5.74, 6) is 0.842. The van der Waals surface area contributed by atoms with Gasteiger partial charge in [-0.2, -0.15) is 0 Å². The Morgan fingerprint density at radius 3 is 2.75 bits per heavy atom. The molecule has 7 heteroatoms. The maximum atomic E-state index is 5.73. The van der Waals surface area contributed by atoms with Gasteiger partial charge in [0.2, 0.25) is 0 Å². The number of methoxy groups -OCH3 is 1. The van der Waals surface area contributed by atoms with Crippen molar-refractivity contribution >= 4 is 12.2 Å². The lowest BCUT2D eigenvalue weighted by molar-refractivity contribution is 0.0632. The quantitative estimate of drug-likeness (QED) is 0.565. The molecule has 0 spiro atoms. The summed E-state index contributed by atoms with van der Waals surface area (Å²) in [6.45, 7) is 2.13. The first kappa shape index (κ1) is 17.3. The van der Waals surface area contributed by atoms with Crippen molar-refractivity contribution < 1.29 is 13.7 Å². The third-order valence-corrected chi connectivity index (χ3v) is 4.84. The Kier molecular flexibility index (Phi) is 6.14. The van der Waals surface area contributed by atoms with Gasteiger partial charge in [-0.1, -0.05) is 0 Å². The molecular formula is C17H23N3O3S. The summed E-state index contributed by atoms with van der Waals surface area (Å²) in [5, 5.41) is 0. The maximum Gasteiger partial charge on any atom is 0.139 e. The highest BCUT2D eigenvalue weighted by atomic mass is 32.2. The van der Waals surface area contributed by atoms with Crippen LogP contribution in [0.1, 0.15) is 12.8 Å². The van der Waals surface area contributed by atoms with Crippen molar-refractivity contribution in [2.45, 2.75) is 25.6 Å². The second-order valence-electron chi connectivity index (χ2n) is 5.71. The SMILES string of the molecule is COc1ccc(-c2cn(COSN(C)C3CCOCC3)cn2)cc1. The van der Waals surface area contributed by atoms with E-state index >= 15 is 0 Å². The first-order valence-corrected chi connectivity index (χ1v) is 8.72. The number of benzene rings is 1. The lowest BCUT2D eigenvalue weighted by atomic mass is 10.1.